The molecule has 5 nitrogen and oxygen atoms in total. The Morgan fingerprint density at radius 3 is 2.87 bits per heavy atom. The number of hydrogen-bond donors (Lipinski definition) is 2. The lowest BCUT2D eigenvalue weighted by atomic mass is 10.2. The lowest BCUT2D eigenvalue weighted by Gasteiger charge is -2.22. The van der Waals surface area contributed by atoms with Crippen LogP contribution in [0, 0.1) is 0 Å². The molecule has 3 N–H and O–H groups in total. The highest BCUT2D eigenvalue weighted by molar-refractivity contribution is 5.83. The highest BCUT2D eigenvalue weighted by Crippen LogP contribution is 2.29. The van der Waals surface area contributed by atoms with Crippen molar-refractivity contribution in [1.29, 1.82) is 0 Å². The van der Waals surface area contributed by atoms with Crippen LogP contribution in [-0.4, -0.2) is 31.6 Å². The van der Waals surface area contributed by atoms with Gasteiger partial charge in [-0.05, 0) is 12.1 Å². The van der Waals surface area contributed by atoms with E-state index < -0.39 is 0 Å². The van der Waals surface area contributed by atoms with E-state index in [-0.39, 0.29) is 11.3 Å². The number of carbonyl (C=O) groups is 1. The molecule has 0 bridgehead atoms. The molecule has 5 heteroatoms. The van der Waals surface area contributed by atoms with Crippen molar-refractivity contribution in [3.8, 4) is 5.75 Å². The smallest absolute Gasteiger partial charge is 0.153 e. The Bertz CT molecular complexity index is 341. The fourth-order valence-corrected chi connectivity index (χ4v) is 1.27. The van der Waals surface area contributed by atoms with Crippen molar-refractivity contribution in [2.45, 2.75) is 0 Å². The van der Waals surface area contributed by atoms with E-state index in [2.05, 4.69) is 0 Å². The molecule has 0 heterocycles. The molecule has 0 aliphatic carbocycles. The summed E-state index contributed by atoms with van der Waals surface area (Å²) in [5.74, 6) is -0.0946. The number of hydroxylamine groups is 1. The number of hydrogen-bond acceptors (Lipinski definition) is 5. The first kappa shape index (κ1) is 11.5. The van der Waals surface area contributed by atoms with E-state index in [0.717, 1.165) is 0 Å². The average Bonchev–Trinajstić information content (AvgIpc) is 2.27. The summed E-state index contributed by atoms with van der Waals surface area (Å²) in [4.78, 5) is 15.6. The molecular formula is C10H14N2O3. The van der Waals surface area contributed by atoms with Gasteiger partial charge in [0.15, 0.2) is 12.0 Å². The number of para-hydroxylation sites is 1. The highest BCUT2D eigenvalue weighted by atomic mass is 16.7. The van der Waals surface area contributed by atoms with E-state index in [0.29, 0.717) is 25.1 Å². The van der Waals surface area contributed by atoms with Gasteiger partial charge >= 0.3 is 0 Å². The molecule has 82 valence electrons. The summed E-state index contributed by atoms with van der Waals surface area (Å²) in [6, 6.07) is 4.85. The van der Waals surface area contributed by atoms with Crippen molar-refractivity contribution in [3.63, 3.8) is 0 Å². The van der Waals surface area contributed by atoms with Gasteiger partial charge in [0.1, 0.15) is 5.69 Å². The molecule has 15 heavy (non-hydrogen) atoms. The fourth-order valence-electron chi connectivity index (χ4n) is 1.27. The third-order valence-corrected chi connectivity index (χ3v) is 1.99. The van der Waals surface area contributed by atoms with Gasteiger partial charge in [0, 0.05) is 6.54 Å². The van der Waals surface area contributed by atoms with Gasteiger partial charge in [-0.1, -0.05) is 6.07 Å². The number of nitrogens with two attached hydrogens (primary N) is 1. The van der Waals surface area contributed by atoms with Crippen LogP contribution >= 0.6 is 0 Å². The second kappa shape index (κ2) is 5.33. The van der Waals surface area contributed by atoms with Gasteiger partial charge in [-0.2, -0.15) is 0 Å². The fraction of sp³-hybridized carbons (Fsp3) is 0.300. The second-order valence-corrected chi connectivity index (χ2v) is 2.91. The predicted molar refractivity (Wildman–Crippen MR) is 56.9 cm³/mol. The highest BCUT2D eigenvalue weighted by Gasteiger charge is 2.12. The van der Waals surface area contributed by atoms with Crippen LogP contribution in [0.3, 0.4) is 0 Å². The molecule has 0 unspecified atom stereocenters. The SMILES string of the molecule is CON(CCN)c1cccc(C=O)c1O. The summed E-state index contributed by atoms with van der Waals surface area (Å²) in [5.41, 5.74) is 6.06. The van der Waals surface area contributed by atoms with Crippen molar-refractivity contribution in [3.05, 3.63) is 23.8 Å². The van der Waals surface area contributed by atoms with Crippen LogP contribution in [0.25, 0.3) is 0 Å². The molecule has 0 radical (unpaired) electrons. The monoisotopic (exact) mass is 210 g/mol. The molecule has 0 spiro atoms. The lowest BCUT2D eigenvalue weighted by Crippen LogP contribution is -2.28. The molecule has 1 aromatic rings. The Kier molecular flexibility index (Phi) is 4.08. The van der Waals surface area contributed by atoms with Gasteiger partial charge in [0.25, 0.3) is 0 Å². The number of nitrogens with zero attached hydrogens (tertiary/aromatic N) is 1. The number of rotatable bonds is 5. The Morgan fingerprint density at radius 2 is 2.33 bits per heavy atom. The molecule has 0 atom stereocenters. The van der Waals surface area contributed by atoms with Crippen molar-refractivity contribution >= 4 is 12.0 Å². The van der Waals surface area contributed by atoms with Crippen molar-refractivity contribution in [1.82, 2.24) is 0 Å². The Labute approximate surface area is 88.0 Å². The molecule has 0 amide bonds. The minimum atomic E-state index is -0.0946. The van der Waals surface area contributed by atoms with Gasteiger partial charge < -0.3 is 10.8 Å². The van der Waals surface area contributed by atoms with E-state index in [4.69, 9.17) is 10.6 Å². The van der Waals surface area contributed by atoms with Gasteiger partial charge in [-0.15, -0.1) is 0 Å². The number of phenolic OH excluding ortho intramolecular Hbond substituents is 1. The summed E-state index contributed by atoms with van der Waals surface area (Å²) >= 11 is 0. The number of carbonyl (C=O) groups excluding carboxylic acids is 1. The van der Waals surface area contributed by atoms with Gasteiger partial charge in [0.05, 0.1) is 19.2 Å². The normalized spacial score (nSPS) is 10.0. The Balaban J connectivity index is 3.06. The number of phenols is 1. The van der Waals surface area contributed by atoms with Crippen LogP contribution in [0.5, 0.6) is 5.75 Å². The van der Waals surface area contributed by atoms with Gasteiger partial charge in [-0.3, -0.25) is 9.63 Å². The molecule has 0 aromatic heterocycles. The van der Waals surface area contributed by atoms with Gasteiger partial charge in [-0.25, -0.2) is 5.06 Å². The zero-order valence-corrected chi connectivity index (χ0v) is 8.51. The summed E-state index contributed by atoms with van der Waals surface area (Å²) in [7, 11) is 1.47. The summed E-state index contributed by atoms with van der Waals surface area (Å²) in [6.45, 7) is 0.824. The maximum absolute atomic E-state index is 10.6. The first-order valence-electron chi connectivity index (χ1n) is 4.53. The van der Waals surface area contributed by atoms with Crippen LogP contribution < -0.4 is 10.8 Å². The van der Waals surface area contributed by atoms with E-state index in [1.165, 1.54) is 18.2 Å². The van der Waals surface area contributed by atoms with Crippen molar-refractivity contribution in [2.75, 3.05) is 25.3 Å². The lowest BCUT2D eigenvalue weighted by molar-refractivity contribution is 0.112. The van der Waals surface area contributed by atoms with Crippen molar-refractivity contribution in [2.24, 2.45) is 5.73 Å². The van der Waals surface area contributed by atoms with E-state index in [1.54, 1.807) is 12.1 Å². The van der Waals surface area contributed by atoms with Crippen LogP contribution in [0.2, 0.25) is 0 Å². The zero-order chi connectivity index (χ0) is 11.3. The maximum atomic E-state index is 10.6. The number of benzene rings is 1. The van der Waals surface area contributed by atoms with Gasteiger partial charge in [0.2, 0.25) is 0 Å². The second-order valence-electron chi connectivity index (χ2n) is 2.91. The average molecular weight is 210 g/mol. The summed E-state index contributed by atoms with van der Waals surface area (Å²) in [5, 5.41) is 11.2. The molecule has 0 fully saturated rings. The summed E-state index contributed by atoms with van der Waals surface area (Å²) < 4.78 is 0. The summed E-state index contributed by atoms with van der Waals surface area (Å²) in [6.07, 6.45) is 0.592. The molecule has 0 aliphatic rings. The third kappa shape index (κ3) is 2.45. The first-order valence-corrected chi connectivity index (χ1v) is 4.53. The molecule has 0 aliphatic heterocycles. The van der Waals surface area contributed by atoms with Crippen LogP contribution in [0.15, 0.2) is 18.2 Å². The Morgan fingerprint density at radius 1 is 1.60 bits per heavy atom. The molecule has 1 aromatic carbocycles. The minimum Gasteiger partial charge on any atom is -0.505 e. The largest absolute Gasteiger partial charge is 0.505 e. The van der Waals surface area contributed by atoms with Crippen molar-refractivity contribution < 1.29 is 14.7 Å². The maximum Gasteiger partial charge on any atom is 0.153 e. The first-order chi connectivity index (χ1) is 7.24. The van der Waals surface area contributed by atoms with E-state index >= 15 is 0 Å². The number of aldehydes is 1. The third-order valence-electron chi connectivity index (χ3n) is 1.99. The predicted octanol–water partition coefficient (Wildman–Crippen LogP) is 0.531. The van der Waals surface area contributed by atoms with E-state index in [1.807, 2.05) is 0 Å². The minimum absolute atomic E-state index is 0.0946. The standard InChI is InChI=1S/C10H14N2O3/c1-15-12(6-5-11)9-4-2-3-8(7-13)10(9)14/h2-4,7,14H,5-6,11H2,1H3. The molecule has 0 saturated heterocycles. The van der Waals surface area contributed by atoms with Crippen LogP contribution in [0.4, 0.5) is 5.69 Å². The zero-order valence-electron chi connectivity index (χ0n) is 8.51. The quantitative estimate of drug-likeness (QED) is 0.547. The molecule has 1 rings (SSSR count). The molecular weight excluding hydrogens is 196 g/mol. The van der Waals surface area contributed by atoms with Crippen LogP contribution in [0.1, 0.15) is 10.4 Å². The Hall–Kier alpha value is -1.59. The van der Waals surface area contributed by atoms with Crippen LogP contribution in [-0.2, 0) is 4.84 Å². The van der Waals surface area contributed by atoms with E-state index in [9.17, 15) is 9.90 Å². The number of anilines is 1. The molecule has 0 saturated carbocycles. The number of aromatic hydroxyl groups is 1. The topological polar surface area (TPSA) is 75.8 Å².